The van der Waals surface area contributed by atoms with Crippen molar-refractivity contribution in [2.24, 2.45) is 5.11 Å². The molecule has 0 bridgehead atoms. The third kappa shape index (κ3) is 7.13. The van der Waals surface area contributed by atoms with E-state index in [0.29, 0.717) is 0 Å². The van der Waals surface area contributed by atoms with E-state index in [4.69, 9.17) is 24.3 Å². The summed E-state index contributed by atoms with van der Waals surface area (Å²) in [7, 11) is -4.52. The van der Waals surface area contributed by atoms with Crippen LogP contribution in [0.25, 0.3) is 10.4 Å². The molecule has 2 heterocycles. The molecule has 6 atom stereocenters. The predicted molar refractivity (Wildman–Crippen MR) is 146 cm³/mol. The van der Waals surface area contributed by atoms with Gasteiger partial charge in [0.25, 0.3) is 0 Å². The normalized spacial score (nSPS) is 23.7. The highest BCUT2D eigenvalue weighted by Gasteiger charge is 2.56. The van der Waals surface area contributed by atoms with E-state index in [-0.39, 0.29) is 18.2 Å². The standard InChI is InChI=1S/C25H28N7O9P/c1-16(23(35)38-14-17-8-4-2-5-9-17)29-42(37,41-18-10-6-3-7-11-18)39-15-25(30-31-27)21(34)20(33)22(40-25)32-13-12-19(26)28-24(32)36/h2-13,16,20-22,33-34H,14-15H2,1H3,(H,29,37)(H2,26,28,36)/t16-,20+,21-,22+,25+,42?/m0/s1. The molecular formula is C25H28N7O9P. The molecule has 1 saturated heterocycles. The van der Waals surface area contributed by atoms with Gasteiger partial charge in [-0.15, -0.1) is 0 Å². The van der Waals surface area contributed by atoms with Crippen LogP contribution >= 0.6 is 7.75 Å². The smallest absolute Gasteiger partial charge is 0.459 e. The molecule has 3 aromatic rings. The number of ether oxygens (including phenoxy) is 2. The van der Waals surface area contributed by atoms with Gasteiger partial charge in [0, 0.05) is 11.1 Å². The van der Waals surface area contributed by atoms with Gasteiger partial charge < -0.3 is 29.9 Å². The Kier molecular flexibility index (Phi) is 9.60. The fourth-order valence-corrected chi connectivity index (χ4v) is 5.46. The summed E-state index contributed by atoms with van der Waals surface area (Å²) in [4.78, 5) is 31.3. The van der Waals surface area contributed by atoms with Crippen molar-refractivity contribution >= 4 is 19.5 Å². The van der Waals surface area contributed by atoms with Gasteiger partial charge in [0.15, 0.2) is 6.23 Å². The minimum absolute atomic E-state index is 0.0466. The zero-order valence-corrected chi connectivity index (χ0v) is 23.1. The Morgan fingerprint density at radius 3 is 2.55 bits per heavy atom. The number of aromatic nitrogens is 2. The lowest BCUT2D eigenvalue weighted by Crippen LogP contribution is -2.45. The van der Waals surface area contributed by atoms with Gasteiger partial charge in [-0.05, 0) is 36.2 Å². The first kappa shape index (κ1) is 30.7. The van der Waals surface area contributed by atoms with E-state index >= 15 is 0 Å². The second kappa shape index (κ2) is 13.1. The van der Waals surface area contributed by atoms with Crippen LogP contribution < -0.4 is 21.0 Å². The number of azide groups is 1. The van der Waals surface area contributed by atoms with Crippen LogP contribution in [-0.4, -0.2) is 56.3 Å². The van der Waals surface area contributed by atoms with E-state index in [1.54, 1.807) is 42.5 Å². The zero-order valence-electron chi connectivity index (χ0n) is 22.2. The number of carbonyl (C=O) groups excluding carboxylic acids is 1. The van der Waals surface area contributed by atoms with Crippen LogP contribution in [0.5, 0.6) is 5.75 Å². The highest BCUT2D eigenvalue weighted by Crippen LogP contribution is 2.48. The summed E-state index contributed by atoms with van der Waals surface area (Å²) in [6.07, 6.45) is -4.23. The number of nitrogens with two attached hydrogens (primary N) is 1. The topological polar surface area (TPSA) is 233 Å². The number of aliphatic hydroxyl groups is 2. The molecule has 4 rings (SSSR count). The van der Waals surface area contributed by atoms with Gasteiger partial charge in [-0.25, -0.2) is 9.36 Å². The van der Waals surface area contributed by atoms with E-state index in [1.807, 2.05) is 6.07 Å². The predicted octanol–water partition coefficient (Wildman–Crippen LogP) is 2.01. The Morgan fingerprint density at radius 2 is 1.90 bits per heavy atom. The Labute approximate surface area is 238 Å². The Balaban J connectivity index is 1.55. The molecule has 0 spiro atoms. The van der Waals surface area contributed by atoms with Gasteiger partial charge in [0.2, 0.25) is 5.72 Å². The Bertz CT molecular complexity index is 1540. The summed E-state index contributed by atoms with van der Waals surface area (Å²) in [6.45, 7) is 0.364. The molecule has 42 heavy (non-hydrogen) atoms. The molecule has 0 radical (unpaired) electrons. The van der Waals surface area contributed by atoms with E-state index in [9.17, 15) is 29.9 Å². The van der Waals surface area contributed by atoms with Crippen molar-refractivity contribution in [3.8, 4) is 5.75 Å². The third-order valence-electron chi connectivity index (χ3n) is 6.08. The van der Waals surface area contributed by atoms with Crippen molar-refractivity contribution in [2.45, 2.75) is 43.7 Å². The molecule has 0 amide bonds. The fourth-order valence-electron chi connectivity index (χ4n) is 3.95. The largest absolute Gasteiger partial charge is 0.460 e. The Morgan fingerprint density at radius 1 is 1.24 bits per heavy atom. The van der Waals surface area contributed by atoms with E-state index in [1.165, 1.54) is 25.1 Å². The lowest BCUT2D eigenvalue weighted by molar-refractivity contribution is -0.146. The highest BCUT2D eigenvalue weighted by atomic mass is 31.2. The molecule has 16 nitrogen and oxygen atoms in total. The fraction of sp³-hybridized carbons (Fsp3) is 0.320. The second-order valence-electron chi connectivity index (χ2n) is 9.14. The molecule has 1 fully saturated rings. The Hall–Kier alpha value is -4.27. The third-order valence-corrected chi connectivity index (χ3v) is 7.71. The molecule has 222 valence electrons. The number of rotatable bonds is 12. The van der Waals surface area contributed by atoms with Crippen molar-refractivity contribution in [2.75, 3.05) is 12.3 Å². The monoisotopic (exact) mass is 601 g/mol. The summed E-state index contributed by atoms with van der Waals surface area (Å²) < 4.78 is 36.8. The summed E-state index contributed by atoms with van der Waals surface area (Å²) in [5.74, 6) is -0.802. The molecular weight excluding hydrogens is 573 g/mol. The van der Waals surface area contributed by atoms with Crippen LogP contribution in [0.2, 0.25) is 0 Å². The summed E-state index contributed by atoms with van der Waals surface area (Å²) in [5.41, 5.74) is 12.2. The molecule has 1 aromatic heterocycles. The number of benzene rings is 2. The van der Waals surface area contributed by atoms with Crippen LogP contribution in [-0.2, 0) is 30.0 Å². The maximum Gasteiger partial charge on any atom is 0.459 e. The minimum Gasteiger partial charge on any atom is -0.460 e. The number of esters is 1. The number of aliphatic hydroxyl groups excluding tert-OH is 2. The first-order valence-electron chi connectivity index (χ1n) is 12.5. The van der Waals surface area contributed by atoms with E-state index in [0.717, 1.165) is 16.3 Å². The van der Waals surface area contributed by atoms with Gasteiger partial charge in [-0.3, -0.25) is 13.9 Å². The number of hydrogen-bond acceptors (Lipinski definition) is 12. The lowest BCUT2D eigenvalue weighted by Gasteiger charge is -2.29. The van der Waals surface area contributed by atoms with Crippen LogP contribution in [0.1, 0.15) is 18.7 Å². The second-order valence-corrected chi connectivity index (χ2v) is 10.8. The number of para-hydroxylation sites is 1. The average Bonchev–Trinajstić information content (AvgIpc) is 3.21. The minimum atomic E-state index is -4.52. The van der Waals surface area contributed by atoms with Crippen molar-refractivity contribution in [1.29, 1.82) is 0 Å². The first-order valence-corrected chi connectivity index (χ1v) is 14.0. The number of carbonyl (C=O) groups is 1. The molecule has 0 saturated carbocycles. The van der Waals surface area contributed by atoms with Crippen LogP contribution in [0, 0.1) is 0 Å². The van der Waals surface area contributed by atoms with Gasteiger partial charge in [-0.1, -0.05) is 53.6 Å². The van der Waals surface area contributed by atoms with Gasteiger partial charge in [0.1, 0.15) is 36.4 Å². The highest BCUT2D eigenvalue weighted by molar-refractivity contribution is 7.52. The molecule has 1 aliphatic heterocycles. The summed E-state index contributed by atoms with van der Waals surface area (Å²) >= 11 is 0. The number of nitrogens with one attached hydrogen (secondary N) is 1. The molecule has 2 aromatic carbocycles. The van der Waals surface area contributed by atoms with Crippen molar-refractivity contribution in [3.05, 3.63) is 99.4 Å². The SMILES string of the molecule is C[C@H](NP(=O)(OC[C@@]1(N=[N+]=[N-])O[C@@H](n2ccc(N)nc2=O)[C@H](O)[C@@H]1O)Oc1ccccc1)C(=O)OCc1ccccc1. The number of nitrogens with zero attached hydrogens (tertiary/aromatic N) is 5. The average molecular weight is 602 g/mol. The van der Waals surface area contributed by atoms with Crippen molar-refractivity contribution in [3.63, 3.8) is 0 Å². The molecule has 17 heteroatoms. The van der Waals surface area contributed by atoms with Gasteiger partial charge in [0.05, 0.1) is 6.61 Å². The number of anilines is 1. The number of nitrogen functional groups attached to an aromatic ring is 1. The summed E-state index contributed by atoms with van der Waals surface area (Å²) in [5, 5.41) is 27.5. The van der Waals surface area contributed by atoms with Crippen LogP contribution in [0.3, 0.4) is 0 Å². The quantitative estimate of drug-likeness (QED) is 0.0767. The van der Waals surface area contributed by atoms with Crippen LogP contribution in [0.4, 0.5) is 5.82 Å². The maximum atomic E-state index is 13.9. The lowest BCUT2D eigenvalue weighted by atomic mass is 10.1. The molecule has 1 unspecified atom stereocenters. The maximum absolute atomic E-state index is 13.9. The molecule has 0 aliphatic carbocycles. The molecule has 1 aliphatic rings. The van der Waals surface area contributed by atoms with Crippen molar-refractivity contribution in [1.82, 2.24) is 14.6 Å². The van der Waals surface area contributed by atoms with Crippen molar-refractivity contribution < 1.29 is 38.1 Å². The van der Waals surface area contributed by atoms with Gasteiger partial charge in [-0.2, -0.15) is 10.1 Å². The first-order chi connectivity index (χ1) is 20.1. The zero-order chi connectivity index (χ0) is 30.3. The molecule has 5 N–H and O–H groups in total. The van der Waals surface area contributed by atoms with Gasteiger partial charge >= 0.3 is 19.4 Å². The van der Waals surface area contributed by atoms with E-state index < -0.39 is 56.2 Å². The summed E-state index contributed by atoms with van der Waals surface area (Å²) in [6, 6.07) is 16.7. The number of hydrogen-bond donors (Lipinski definition) is 4. The van der Waals surface area contributed by atoms with E-state index in [2.05, 4.69) is 20.1 Å². The van der Waals surface area contributed by atoms with Crippen LogP contribution in [0.15, 0.2) is 82.8 Å².